The molecule has 102 valence electrons. The fraction of sp³-hybridized carbons (Fsp3) is 0.250. The van der Waals surface area contributed by atoms with Gasteiger partial charge in [-0.25, -0.2) is 18.1 Å². The predicted octanol–water partition coefficient (Wildman–Crippen LogP) is 1.49. The highest BCUT2D eigenvalue weighted by atomic mass is 32.2. The van der Waals surface area contributed by atoms with Gasteiger partial charge in [-0.3, -0.25) is 0 Å². The second-order valence-corrected chi connectivity index (χ2v) is 5.81. The molecule has 0 aliphatic carbocycles. The minimum atomic E-state index is -3.55. The van der Waals surface area contributed by atoms with Crippen LogP contribution in [0.2, 0.25) is 0 Å². The SMILES string of the molecule is CNc1ccc(S(=O)(=O)NC(C)c2ncc[nH]2)cc1. The first-order chi connectivity index (χ1) is 9.03. The lowest BCUT2D eigenvalue weighted by molar-refractivity contribution is 0.561. The predicted molar refractivity (Wildman–Crippen MR) is 73.3 cm³/mol. The van der Waals surface area contributed by atoms with E-state index in [9.17, 15) is 8.42 Å². The molecule has 0 aliphatic rings. The monoisotopic (exact) mass is 280 g/mol. The van der Waals surface area contributed by atoms with Crippen molar-refractivity contribution in [3.8, 4) is 0 Å². The van der Waals surface area contributed by atoms with E-state index in [0.29, 0.717) is 5.82 Å². The summed E-state index contributed by atoms with van der Waals surface area (Å²) in [5.74, 6) is 0.579. The highest BCUT2D eigenvalue weighted by Gasteiger charge is 2.19. The van der Waals surface area contributed by atoms with Crippen LogP contribution >= 0.6 is 0 Å². The Labute approximate surface area is 112 Å². The van der Waals surface area contributed by atoms with Crippen molar-refractivity contribution >= 4 is 15.7 Å². The zero-order valence-corrected chi connectivity index (χ0v) is 11.5. The molecule has 2 rings (SSSR count). The van der Waals surface area contributed by atoms with Gasteiger partial charge in [0.05, 0.1) is 10.9 Å². The largest absolute Gasteiger partial charge is 0.388 e. The number of nitrogens with zero attached hydrogens (tertiary/aromatic N) is 1. The van der Waals surface area contributed by atoms with Crippen molar-refractivity contribution in [3.63, 3.8) is 0 Å². The fourth-order valence-electron chi connectivity index (χ4n) is 1.67. The summed E-state index contributed by atoms with van der Waals surface area (Å²) in [4.78, 5) is 7.14. The van der Waals surface area contributed by atoms with Crippen LogP contribution in [0.1, 0.15) is 18.8 Å². The van der Waals surface area contributed by atoms with E-state index >= 15 is 0 Å². The Morgan fingerprint density at radius 3 is 2.47 bits per heavy atom. The Morgan fingerprint density at radius 1 is 1.26 bits per heavy atom. The second kappa shape index (κ2) is 5.41. The molecular weight excluding hydrogens is 264 g/mol. The first kappa shape index (κ1) is 13.6. The molecule has 3 N–H and O–H groups in total. The van der Waals surface area contributed by atoms with Gasteiger partial charge in [-0.15, -0.1) is 0 Å². The first-order valence-electron chi connectivity index (χ1n) is 5.82. The van der Waals surface area contributed by atoms with Crippen LogP contribution in [0.5, 0.6) is 0 Å². The van der Waals surface area contributed by atoms with Crippen molar-refractivity contribution in [3.05, 3.63) is 42.5 Å². The number of hydrogen-bond acceptors (Lipinski definition) is 4. The van der Waals surface area contributed by atoms with Crippen molar-refractivity contribution in [2.75, 3.05) is 12.4 Å². The molecule has 1 heterocycles. The quantitative estimate of drug-likeness (QED) is 0.774. The number of benzene rings is 1. The van der Waals surface area contributed by atoms with Gasteiger partial charge in [-0.05, 0) is 31.2 Å². The molecule has 0 aliphatic heterocycles. The van der Waals surface area contributed by atoms with Crippen LogP contribution in [0.25, 0.3) is 0 Å². The van der Waals surface area contributed by atoms with Crippen LogP contribution in [-0.2, 0) is 10.0 Å². The average Bonchev–Trinajstić information content (AvgIpc) is 2.92. The lowest BCUT2D eigenvalue weighted by Crippen LogP contribution is -2.27. The van der Waals surface area contributed by atoms with Gasteiger partial charge in [0, 0.05) is 25.1 Å². The summed E-state index contributed by atoms with van der Waals surface area (Å²) in [7, 11) is -1.77. The second-order valence-electron chi connectivity index (χ2n) is 4.09. The molecule has 1 aromatic carbocycles. The van der Waals surface area contributed by atoms with Gasteiger partial charge in [0.1, 0.15) is 5.82 Å². The van der Waals surface area contributed by atoms with Gasteiger partial charge in [0.2, 0.25) is 10.0 Å². The minimum absolute atomic E-state index is 0.227. The number of rotatable bonds is 5. The van der Waals surface area contributed by atoms with E-state index < -0.39 is 16.1 Å². The van der Waals surface area contributed by atoms with Crippen molar-refractivity contribution in [2.45, 2.75) is 17.9 Å². The highest BCUT2D eigenvalue weighted by Crippen LogP contribution is 2.16. The van der Waals surface area contributed by atoms with Crippen LogP contribution in [0, 0.1) is 0 Å². The molecule has 7 heteroatoms. The van der Waals surface area contributed by atoms with E-state index in [1.165, 1.54) is 0 Å². The molecule has 6 nitrogen and oxygen atoms in total. The summed E-state index contributed by atoms with van der Waals surface area (Å²) >= 11 is 0. The summed E-state index contributed by atoms with van der Waals surface area (Å²) in [5.41, 5.74) is 0.859. The molecular formula is C12H16N4O2S. The number of aromatic amines is 1. The molecule has 0 fully saturated rings. The third-order valence-electron chi connectivity index (χ3n) is 2.71. The van der Waals surface area contributed by atoms with Gasteiger partial charge in [0.15, 0.2) is 0 Å². The third-order valence-corrected chi connectivity index (χ3v) is 4.27. The fourth-order valence-corrected chi connectivity index (χ4v) is 2.88. The summed E-state index contributed by atoms with van der Waals surface area (Å²) < 4.78 is 26.9. The van der Waals surface area contributed by atoms with E-state index in [2.05, 4.69) is 20.0 Å². The standard InChI is InChI=1S/C12H16N4O2S/c1-9(12-14-7-8-15-12)16-19(17,18)11-5-3-10(13-2)4-6-11/h3-9,13,16H,1-2H3,(H,14,15). The van der Waals surface area contributed by atoms with Crippen LogP contribution in [0.15, 0.2) is 41.6 Å². The van der Waals surface area contributed by atoms with Crippen molar-refractivity contribution in [1.29, 1.82) is 0 Å². The van der Waals surface area contributed by atoms with Crippen molar-refractivity contribution < 1.29 is 8.42 Å². The zero-order chi connectivity index (χ0) is 13.9. The zero-order valence-electron chi connectivity index (χ0n) is 10.7. The lowest BCUT2D eigenvalue weighted by Gasteiger charge is -2.12. The molecule has 1 unspecified atom stereocenters. The smallest absolute Gasteiger partial charge is 0.241 e. The molecule has 0 amide bonds. The lowest BCUT2D eigenvalue weighted by atomic mass is 10.3. The Kier molecular flexibility index (Phi) is 3.87. The molecule has 0 bridgehead atoms. The summed E-state index contributed by atoms with van der Waals surface area (Å²) in [6, 6.07) is 6.13. The van der Waals surface area contributed by atoms with Gasteiger partial charge >= 0.3 is 0 Å². The van der Waals surface area contributed by atoms with Crippen LogP contribution in [0.3, 0.4) is 0 Å². The summed E-state index contributed by atoms with van der Waals surface area (Å²) in [5, 5.41) is 2.94. The molecule has 0 radical (unpaired) electrons. The third kappa shape index (κ3) is 3.12. The maximum absolute atomic E-state index is 12.2. The number of hydrogen-bond donors (Lipinski definition) is 3. The van der Waals surface area contributed by atoms with E-state index in [1.54, 1.807) is 50.6 Å². The molecule has 19 heavy (non-hydrogen) atoms. The number of sulfonamides is 1. The van der Waals surface area contributed by atoms with Gasteiger partial charge in [0.25, 0.3) is 0 Å². The maximum Gasteiger partial charge on any atom is 0.241 e. The summed E-state index contributed by atoms with van der Waals surface area (Å²) in [6.07, 6.45) is 3.24. The Bertz CT molecular complexity index is 620. The van der Waals surface area contributed by atoms with E-state index in [4.69, 9.17) is 0 Å². The first-order valence-corrected chi connectivity index (χ1v) is 7.30. The molecule has 0 saturated carbocycles. The number of imidazole rings is 1. The van der Waals surface area contributed by atoms with Gasteiger partial charge in [-0.1, -0.05) is 0 Å². The Morgan fingerprint density at radius 2 is 1.95 bits per heavy atom. The molecule has 1 aromatic heterocycles. The minimum Gasteiger partial charge on any atom is -0.388 e. The van der Waals surface area contributed by atoms with Gasteiger partial charge < -0.3 is 10.3 Å². The molecule has 0 spiro atoms. The van der Waals surface area contributed by atoms with Crippen molar-refractivity contribution in [1.82, 2.24) is 14.7 Å². The highest BCUT2D eigenvalue weighted by molar-refractivity contribution is 7.89. The Hall–Kier alpha value is -1.86. The molecule has 1 atom stereocenters. The molecule has 0 saturated heterocycles. The Balaban J connectivity index is 2.17. The van der Waals surface area contributed by atoms with Crippen LogP contribution < -0.4 is 10.0 Å². The normalized spacial score (nSPS) is 13.2. The number of H-pyrrole nitrogens is 1. The number of aromatic nitrogens is 2. The topological polar surface area (TPSA) is 86.9 Å². The van der Waals surface area contributed by atoms with Crippen molar-refractivity contribution in [2.24, 2.45) is 0 Å². The molecule has 2 aromatic rings. The van der Waals surface area contributed by atoms with E-state index in [-0.39, 0.29) is 4.90 Å². The average molecular weight is 280 g/mol. The number of nitrogens with one attached hydrogen (secondary N) is 3. The van der Waals surface area contributed by atoms with E-state index in [0.717, 1.165) is 5.69 Å². The van der Waals surface area contributed by atoms with Gasteiger partial charge in [-0.2, -0.15) is 0 Å². The van der Waals surface area contributed by atoms with Crippen LogP contribution in [0.4, 0.5) is 5.69 Å². The number of anilines is 1. The maximum atomic E-state index is 12.2. The summed E-state index contributed by atoms with van der Waals surface area (Å²) in [6.45, 7) is 1.73. The van der Waals surface area contributed by atoms with Crippen LogP contribution in [-0.4, -0.2) is 25.4 Å². The van der Waals surface area contributed by atoms with E-state index in [1.807, 2.05) is 0 Å².